The van der Waals surface area contributed by atoms with Crippen molar-refractivity contribution in [3.8, 4) is 11.4 Å². The van der Waals surface area contributed by atoms with Gasteiger partial charge in [0, 0.05) is 12.1 Å². The van der Waals surface area contributed by atoms with E-state index in [1.54, 1.807) is 30.8 Å². The normalized spacial score (nSPS) is 10.7. The average molecular weight is 400 g/mol. The molecule has 146 valence electrons. The topological polar surface area (TPSA) is 65.3 Å². The second-order valence-corrected chi connectivity index (χ2v) is 6.79. The number of amides is 1. The van der Waals surface area contributed by atoms with Crippen molar-refractivity contribution < 1.29 is 9.53 Å². The van der Waals surface area contributed by atoms with Gasteiger partial charge in [-0.1, -0.05) is 36.7 Å². The number of carbonyl (C=O) groups is 1. The van der Waals surface area contributed by atoms with Crippen LogP contribution in [0, 0.1) is 6.92 Å². The summed E-state index contributed by atoms with van der Waals surface area (Å²) in [7, 11) is 1.77. The molecule has 0 aliphatic carbocycles. The van der Waals surface area contributed by atoms with E-state index in [1.807, 2.05) is 43.3 Å². The van der Waals surface area contributed by atoms with Gasteiger partial charge in [0.15, 0.2) is 6.61 Å². The van der Waals surface area contributed by atoms with Crippen LogP contribution >= 0.6 is 11.6 Å². The first-order chi connectivity index (χ1) is 13.4. The number of nitrogens with one attached hydrogen (secondary N) is 1. The molecule has 1 N–H and O–H groups in total. The van der Waals surface area contributed by atoms with Crippen molar-refractivity contribution in [3.05, 3.63) is 75.2 Å². The van der Waals surface area contributed by atoms with Gasteiger partial charge in [0.1, 0.15) is 11.4 Å². The van der Waals surface area contributed by atoms with Gasteiger partial charge in [0.25, 0.3) is 11.5 Å². The molecule has 2 aromatic carbocycles. The molecular weight excluding hydrogens is 378 g/mol. The Hall–Kier alpha value is -2.99. The summed E-state index contributed by atoms with van der Waals surface area (Å²) in [6.45, 7) is 3.57. The summed E-state index contributed by atoms with van der Waals surface area (Å²) in [5.74, 6) is 0.155. The van der Waals surface area contributed by atoms with Gasteiger partial charge in [-0.2, -0.15) is 0 Å². The molecule has 3 rings (SSSR count). The molecule has 1 aromatic heterocycles. The molecule has 0 saturated heterocycles. The van der Waals surface area contributed by atoms with Crippen LogP contribution in [0.3, 0.4) is 0 Å². The van der Waals surface area contributed by atoms with Crippen LogP contribution in [0.25, 0.3) is 5.69 Å². The molecule has 1 heterocycles. The number of benzene rings is 2. The maximum absolute atomic E-state index is 12.8. The third kappa shape index (κ3) is 3.97. The van der Waals surface area contributed by atoms with E-state index in [2.05, 4.69) is 5.32 Å². The Labute approximate surface area is 168 Å². The summed E-state index contributed by atoms with van der Waals surface area (Å²) in [5, 5.41) is 3.34. The Bertz CT molecular complexity index is 1050. The van der Waals surface area contributed by atoms with Crippen LogP contribution in [0.15, 0.2) is 53.3 Å². The monoisotopic (exact) mass is 399 g/mol. The highest BCUT2D eigenvalue weighted by Gasteiger charge is 2.18. The van der Waals surface area contributed by atoms with Crippen molar-refractivity contribution >= 4 is 23.2 Å². The summed E-state index contributed by atoms with van der Waals surface area (Å²) in [6, 6.07) is 14.5. The number of hydrogen-bond acceptors (Lipinski definition) is 3. The van der Waals surface area contributed by atoms with E-state index < -0.39 is 5.91 Å². The first-order valence-corrected chi connectivity index (χ1v) is 9.35. The van der Waals surface area contributed by atoms with E-state index in [4.69, 9.17) is 16.3 Å². The molecule has 0 fully saturated rings. The summed E-state index contributed by atoms with van der Waals surface area (Å²) < 4.78 is 8.77. The smallest absolute Gasteiger partial charge is 0.295 e. The highest BCUT2D eigenvalue weighted by Crippen LogP contribution is 2.22. The number of carbonyl (C=O) groups excluding carboxylic acids is 1. The molecule has 0 unspecified atom stereocenters. The zero-order valence-electron chi connectivity index (χ0n) is 16.0. The molecule has 1 amide bonds. The first-order valence-electron chi connectivity index (χ1n) is 8.97. The molecule has 7 heteroatoms. The predicted octanol–water partition coefficient (Wildman–Crippen LogP) is 3.72. The minimum Gasteiger partial charge on any atom is -0.484 e. The van der Waals surface area contributed by atoms with Gasteiger partial charge in [-0.15, -0.1) is 0 Å². The summed E-state index contributed by atoms with van der Waals surface area (Å²) >= 11 is 6.09. The number of hydrogen-bond donors (Lipinski definition) is 1. The fraction of sp³-hybridized carbons (Fsp3) is 0.238. The lowest BCUT2D eigenvalue weighted by molar-refractivity contribution is -0.118. The largest absolute Gasteiger partial charge is 0.484 e. The molecule has 0 aliphatic rings. The number of halogens is 1. The first kappa shape index (κ1) is 19.8. The lowest BCUT2D eigenvalue weighted by atomic mass is 10.1. The number of rotatable bonds is 6. The van der Waals surface area contributed by atoms with Crippen LogP contribution in [-0.4, -0.2) is 21.9 Å². The van der Waals surface area contributed by atoms with E-state index in [9.17, 15) is 9.59 Å². The summed E-state index contributed by atoms with van der Waals surface area (Å²) in [4.78, 5) is 25.2. The van der Waals surface area contributed by atoms with Gasteiger partial charge in [-0.25, -0.2) is 4.68 Å². The molecule has 0 aliphatic heterocycles. The van der Waals surface area contributed by atoms with E-state index in [0.717, 1.165) is 17.7 Å². The lowest BCUT2D eigenvalue weighted by Gasteiger charge is -2.09. The minimum atomic E-state index is -0.404. The Balaban J connectivity index is 1.75. The number of nitrogens with zero attached hydrogens (tertiary/aromatic N) is 2. The van der Waals surface area contributed by atoms with Crippen molar-refractivity contribution in [2.45, 2.75) is 20.3 Å². The molecule has 0 atom stereocenters. The Morgan fingerprint density at radius 2 is 1.89 bits per heavy atom. The fourth-order valence-corrected chi connectivity index (χ4v) is 3.20. The second-order valence-electron chi connectivity index (χ2n) is 6.38. The van der Waals surface area contributed by atoms with Crippen LogP contribution in [0.4, 0.5) is 5.69 Å². The van der Waals surface area contributed by atoms with Gasteiger partial charge < -0.3 is 10.1 Å². The molecule has 0 spiro atoms. The average Bonchev–Trinajstić information content (AvgIpc) is 2.91. The van der Waals surface area contributed by atoms with Gasteiger partial charge in [-0.3, -0.25) is 14.3 Å². The standard InChI is InChI=1S/C21H22ClN3O3/c1-4-15-12-17(10-11-18(15)22)28-13-19(26)23-20-14(2)24(3)25(21(20)27)16-8-6-5-7-9-16/h5-12H,4,13H2,1-3H3,(H,23,26). The highest BCUT2D eigenvalue weighted by atomic mass is 35.5. The van der Waals surface area contributed by atoms with Crippen LogP contribution in [-0.2, 0) is 18.3 Å². The van der Waals surface area contributed by atoms with Crippen LogP contribution < -0.4 is 15.6 Å². The molecule has 28 heavy (non-hydrogen) atoms. The SMILES string of the molecule is CCc1cc(OCC(=O)Nc2c(C)n(C)n(-c3ccccc3)c2=O)ccc1Cl. The van der Waals surface area contributed by atoms with Crippen molar-refractivity contribution in [3.63, 3.8) is 0 Å². The third-order valence-corrected chi connectivity index (χ3v) is 4.96. The summed E-state index contributed by atoms with van der Waals surface area (Å²) in [6.07, 6.45) is 0.768. The molecular formula is C21H22ClN3O3. The molecule has 6 nitrogen and oxygen atoms in total. The second kappa shape index (κ2) is 8.35. The number of aromatic nitrogens is 2. The highest BCUT2D eigenvalue weighted by molar-refractivity contribution is 6.31. The van der Waals surface area contributed by atoms with Gasteiger partial charge in [0.05, 0.1) is 11.4 Å². The quantitative estimate of drug-likeness (QED) is 0.687. The zero-order valence-corrected chi connectivity index (χ0v) is 16.8. The minimum absolute atomic E-state index is 0.204. The van der Waals surface area contributed by atoms with E-state index in [0.29, 0.717) is 16.5 Å². The van der Waals surface area contributed by atoms with Crippen molar-refractivity contribution in [1.29, 1.82) is 0 Å². The molecule has 3 aromatic rings. The molecule has 0 saturated carbocycles. The van der Waals surface area contributed by atoms with Crippen molar-refractivity contribution in [1.82, 2.24) is 9.36 Å². The van der Waals surface area contributed by atoms with Gasteiger partial charge in [0.2, 0.25) is 0 Å². The van der Waals surface area contributed by atoms with Gasteiger partial charge in [-0.05, 0) is 49.2 Å². The number of anilines is 1. The van der Waals surface area contributed by atoms with Crippen molar-refractivity contribution in [2.75, 3.05) is 11.9 Å². The van der Waals surface area contributed by atoms with E-state index in [1.165, 1.54) is 4.68 Å². The predicted molar refractivity (Wildman–Crippen MR) is 111 cm³/mol. The maximum Gasteiger partial charge on any atom is 0.295 e. The number of para-hydroxylation sites is 1. The van der Waals surface area contributed by atoms with Gasteiger partial charge >= 0.3 is 0 Å². The summed E-state index contributed by atoms with van der Waals surface area (Å²) in [5.41, 5.74) is 2.28. The third-order valence-electron chi connectivity index (χ3n) is 4.59. The van der Waals surface area contributed by atoms with Crippen LogP contribution in [0.2, 0.25) is 5.02 Å². The molecule has 0 bridgehead atoms. The van der Waals surface area contributed by atoms with Crippen molar-refractivity contribution in [2.24, 2.45) is 7.05 Å². The number of aryl methyl sites for hydroxylation is 1. The van der Waals surface area contributed by atoms with Crippen LogP contribution in [0.1, 0.15) is 18.2 Å². The zero-order chi connectivity index (χ0) is 20.3. The molecule has 0 radical (unpaired) electrons. The number of ether oxygens (including phenoxy) is 1. The van der Waals surface area contributed by atoms with E-state index >= 15 is 0 Å². The van der Waals surface area contributed by atoms with E-state index in [-0.39, 0.29) is 17.9 Å². The van der Waals surface area contributed by atoms with Crippen LogP contribution in [0.5, 0.6) is 5.75 Å². The Morgan fingerprint density at radius 3 is 2.57 bits per heavy atom. The maximum atomic E-state index is 12.8. The Morgan fingerprint density at radius 1 is 1.18 bits per heavy atom. The lowest BCUT2D eigenvalue weighted by Crippen LogP contribution is -2.25. The Kier molecular flexibility index (Phi) is 5.90. The fourth-order valence-electron chi connectivity index (χ4n) is 2.95.